The summed E-state index contributed by atoms with van der Waals surface area (Å²) in [7, 11) is 1.50. The second-order valence-corrected chi connectivity index (χ2v) is 5.61. The zero-order valence-corrected chi connectivity index (χ0v) is 12.9. The van der Waals surface area contributed by atoms with Gasteiger partial charge in [-0.15, -0.1) is 11.3 Å². The molecule has 0 bridgehead atoms. The first kappa shape index (κ1) is 16.9. The molecule has 1 aromatic rings. The van der Waals surface area contributed by atoms with E-state index in [1.54, 1.807) is 0 Å². The molecule has 0 saturated heterocycles. The first-order valence-electron chi connectivity index (χ1n) is 6.25. The lowest BCUT2D eigenvalue weighted by atomic mass is 10.4. The van der Waals surface area contributed by atoms with Gasteiger partial charge in [0, 0.05) is 18.5 Å². The average Bonchev–Trinajstić information content (AvgIpc) is 2.83. The SMILES string of the molecule is CC(C)NC(=O)CN(C)C(=O)NCc1nc(C(=O)O)cs1. The fourth-order valence-electron chi connectivity index (χ4n) is 1.43. The number of rotatable bonds is 6. The van der Waals surface area contributed by atoms with Gasteiger partial charge in [-0.25, -0.2) is 14.6 Å². The summed E-state index contributed by atoms with van der Waals surface area (Å²) in [6.07, 6.45) is 0. The quantitative estimate of drug-likeness (QED) is 0.708. The average molecular weight is 314 g/mol. The first-order chi connectivity index (χ1) is 9.79. The minimum Gasteiger partial charge on any atom is -0.476 e. The largest absolute Gasteiger partial charge is 0.476 e. The minimum atomic E-state index is -1.11. The fourth-order valence-corrected chi connectivity index (χ4v) is 2.14. The van der Waals surface area contributed by atoms with Crippen molar-refractivity contribution in [3.63, 3.8) is 0 Å². The molecule has 9 heteroatoms. The molecule has 3 amide bonds. The van der Waals surface area contributed by atoms with Gasteiger partial charge in [0.15, 0.2) is 5.69 Å². The Morgan fingerprint density at radius 2 is 2.10 bits per heavy atom. The van der Waals surface area contributed by atoms with Gasteiger partial charge >= 0.3 is 12.0 Å². The highest BCUT2D eigenvalue weighted by molar-refractivity contribution is 7.09. The monoisotopic (exact) mass is 314 g/mol. The van der Waals surface area contributed by atoms with Crippen LogP contribution in [0.3, 0.4) is 0 Å². The molecule has 0 saturated carbocycles. The van der Waals surface area contributed by atoms with E-state index in [4.69, 9.17) is 5.11 Å². The number of likely N-dealkylation sites (N-methyl/N-ethyl adjacent to an activating group) is 1. The van der Waals surface area contributed by atoms with Crippen LogP contribution in [0.15, 0.2) is 5.38 Å². The van der Waals surface area contributed by atoms with Crippen molar-refractivity contribution < 1.29 is 19.5 Å². The molecule has 8 nitrogen and oxygen atoms in total. The number of hydrogen-bond donors (Lipinski definition) is 3. The number of nitrogens with one attached hydrogen (secondary N) is 2. The number of carbonyl (C=O) groups is 3. The molecule has 0 aliphatic rings. The van der Waals surface area contributed by atoms with Crippen LogP contribution in [0.5, 0.6) is 0 Å². The zero-order valence-electron chi connectivity index (χ0n) is 12.0. The number of carbonyl (C=O) groups excluding carboxylic acids is 2. The van der Waals surface area contributed by atoms with E-state index in [-0.39, 0.29) is 30.7 Å². The summed E-state index contributed by atoms with van der Waals surface area (Å²) in [5.74, 6) is -1.35. The van der Waals surface area contributed by atoms with Crippen molar-refractivity contribution in [1.82, 2.24) is 20.5 Å². The van der Waals surface area contributed by atoms with Crippen LogP contribution in [0.1, 0.15) is 29.3 Å². The smallest absolute Gasteiger partial charge is 0.355 e. The third kappa shape index (κ3) is 5.78. The summed E-state index contributed by atoms with van der Waals surface area (Å²) in [6.45, 7) is 3.73. The van der Waals surface area contributed by atoms with Crippen molar-refractivity contribution in [1.29, 1.82) is 0 Å². The van der Waals surface area contributed by atoms with E-state index in [1.165, 1.54) is 17.3 Å². The molecule has 21 heavy (non-hydrogen) atoms. The molecule has 0 aromatic carbocycles. The molecule has 0 fully saturated rings. The Balaban J connectivity index is 2.41. The Kier molecular flexibility index (Phi) is 6.10. The van der Waals surface area contributed by atoms with Crippen molar-refractivity contribution >= 4 is 29.2 Å². The van der Waals surface area contributed by atoms with Crippen molar-refractivity contribution in [3.8, 4) is 0 Å². The van der Waals surface area contributed by atoms with Crippen LogP contribution < -0.4 is 10.6 Å². The summed E-state index contributed by atoms with van der Waals surface area (Å²) in [4.78, 5) is 39.0. The lowest BCUT2D eigenvalue weighted by molar-refractivity contribution is -0.121. The lowest BCUT2D eigenvalue weighted by Crippen LogP contribution is -2.44. The highest BCUT2D eigenvalue weighted by Crippen LogP contribution is 2.09. The van der Waals surface area contributed by atoms with Crippen molar-refractivity contribution in [3.05, 3.63) is 16.1 Å². The van der Waals surface area contributed by atoms with Gasteiger partial charge in [-0.2, -0.15) is 0 Å². The summed E-state index contributed by atoms with van der Waals surface area (Å²) < 4.78 is 0. The Hall–Kier alpha value is -2.16. The number of aromatic nitrogens is 1. The van der Waals surface area contributed by atoms with Crippen LogP contribution in [0.25, 0.3) is 0 Å². The standard InChI is InChI=1S/C12H18N4O4S/c1-7(2)14-9(17)5-16(3)12(20)13-4-10-15-8(6-21-10)11(18)19/h6-7H,4-5H2,1-3H3,(H,13,20)(H,14,17)(H,18,19). The van der Waals surface area contributed by atoms with Gasteiger partial charge < -0.3 is 20.6 Å². The van der Waals surface area contributed by atoms with Crippen LogP contribution in [-0.4, -0.2) is 52.5 Å². The van der Waals surface area contributed by atoms with Gasteiger partial charge in [0.2, 0.25) is 5.91 Å². The van der Waals surface area contributed by atoms with Gasteiger partial charge in [-0.05, 0) is 13.8 Å². The van der Waals surface area contributed by atoms with Crippen molar-refractivity contribution in [2.24, 2.45) is 0 Å². The van der Waals surface area contributed by atoms with Gasteiger partial charge in [0.1, 0.15) is 11.6 Å². The molecule has 0 radical (unpaired) electrons. The number of nitrogens with zero attached hydrogens (tertiary/aromatic N) is 2. The number of hydrogen-bond acceptors (Lipinski definition) is 5. The third-order valence-corrected chi connectivity index (χ3v) is 3.19. The molecule has 0 aliphatic heterocycles. The number of carboxylic acids is 1. The van der Waals surface area contributed by atoms with Gasteiger partial charge in [-0.1, -0.05) is 0 Å². The fraction of sp³-hybridized carbons (Fsp3) is 0.500. The van der Waals surface area contributed by atoms with E-state index in [1.807, 2.05) is 13.8 Å². The normalized spacial score (nSPS) is 10.3. The van der Waals surface area contributed by atoms with Gasteiger partial charge in [0.05, 0.1) is 6.54 Å². The molecule has 0 atom stereocenters. The van der Waals surface area contributed by atoms with Crippen LogP contribution in [0, 0.1) is 0 Å². The molecule has 0 unspecified atom stereocenters. The van der Waals surface area contributed by atoms with E-state index in [0.717, 1.165) is 11.3 Å². The summed E-state index contributed by atoms with van der Waals surface area (Å²) >= 11 is 1.15. The van der Waals surface area contributed by atoms with E-state index in [0.29, 0.717) is 5.01 Å². The Morgan fingerprint density at radius 3 is 2.62 bits per heavy atom. The molecular weight excluding hydrogens is 296 g/mol. The molecular formula is C12H18N4O4S. The number of urea groups is 1. The maximum Gasteiger partial charge on any atom is 0.355 e. The van der Waals surface area contributed by atoms with Crippen LogP contribution in [0.2, 0.25) is 0 Å². The molecule has 1 heterocycles. The van der Waals surface area contributed by atoms with E-state index < -0.39 is 12.0 Å². The molecule has 0 spiro atoms. The zero-order chi connectivity index (χ0) is 16.0. The molecule has 3 N–H and O–H groups in total. The van der Waals surface area contributed by atoms with E-state index >= 15 is 0 Å². The van der Waals surface area contributed by atoms with Crippen molar-refractivity contribution in [2.75, 3.05) is 13.6 Å². The van der Waals surface area contributed by atoms with E-state index in [2.05, 4.69) is 15.6 Å². The predicted molar refractivity (Wildman–Crippen MR) is 77.2 cm³/mol. The van der Waals surface area contributed by atoms with Crippen LogP contribution >= 0.6 is 11.3 Å². The highest BCUT2D eigenvalue weighted by atomic mass is 32.1. The lowest BCUT2D eigenvalue weighted by Gasteiger charge is -2.18. The Labute approximate surface area is 126 Å². The predicted octanol–water partition coefficient (Wildman–Crippen LogP) is 0.507. The maximum absolute atomic E-state index is 11.8. The minimum absolute atomic E-state index is 0.0127. The van der Waals surface area contributed by atoms with Crippen molar-refractivity contribution in [2.45, 2.75) is 26.4 Å². The topological polar surface area (TPSA) is 112 Å². The highest BCUT2D eigenvalue weighted by Gasteiger charge is 2.14. The molecule has 116 valence electrons. The third-order valence-electron chi connectivity index (χ3n) is 2.34. The maximum atomic E-state index is 11.8. The second-order valence-electron chi connectivity index (χ2n) is 4.67. The summed E-state index contributed by atoms with van der Waals surface area (Å²) in [5.41, 5.74) is -0.0473. The van der Waals surface area contributed by atoms with E-state index in [9.17, 15) is 14.4 Å². The summed E-state index contributed by atoms with van der Waals surface area (Å²) in [5, 5.41) is 15.9. The Morgan fingerprint density at radius 1 is 1.43 bits per heavy atom. The second kappa shape index (κ2) is 7.58. The number of thiazole rings is 1. The van der Waals surface area contributed by atoms with Crippen LogP contribution in [0.4, 0.5) is 4.79 Å². The summed E-state index contributed by atoms with van der Waals surface area (Å²) in [6, 6.07) is -0.417. The number of carboxylic acid groups (broad SMARTS) is 1. The number of aromatic carboxylic acids is 1. The van der Waals surface area contributed by atoms with Crippen LogP contribution in [-0.2, 0) is 11.3 Å². The van der Waals surface area contributed by atoms with Gasteiger partial charge in [-0.3, -0.25) is 4.79 Å². The molecule has 1 aromatic heterocycles. The molecule has 0 aliphatic carbocycles. The first-order valence-corrected chi connectivity index (χ1v) is 7.13. The van der Waals surface area contributed by atoms with Gasteiger partial charge in [0.25, 0.3) is 0 Å². The Bertz CT molecular complexity index is 529. The number of amides is 3. The molecule has 1 rings (SSSR count).